The number of ether oxygens (including phenoxy) is 1. The molecule has 0 radical (unpaired) electrons. The topological polar surface area (TPSA) is 53.1 Å². The summed E-state index contributed by atoms with van der Waals surface area (Å²) in [4.78, 5) is 32.2. The minimum atomic E-state index is -0.423. The zero-order valence-corrected chi connectivity index (χ0v) is 20.9. The number of rotatable bonds is 6. The molecule has 0 saturated carbocycles. The monoisotopic (exact) mass is 487 g/mol. The zero-order chi connectivity index (χ0) is 25.4. The van der Waals surface area contributed by atoms with Crippen molar-refractivity contribution < 1.29 is 18.7 Å². The number of carbonyl (C=O) groups excluding carboxylic acids is 2. The number of halogens is 1. The van der Waals surface area contributed by atoms with Crippen molar-refractivity contribution in [1.82, 2.24) is 9.80 Å². The van der Waals surface area contributed by atoms with Gasteiger partial charge in [-0.25, -0.2) is 4.39 Å². The molecule has 3 aromatic carbocycles. The van der Waals surface area contributed by atoms with Gasteiger partial charge in [-0.2, -0.15) is 0 Å². The summed E-state index contributed by atoms with van der Waals surface area (Å²) in [5, 5.41) is 0. The number of hydrogen-bond acceptors (Lipinski definition) is 5. The van der Waals surface area contributed by atoms with Crippen LogP contribution in [0.3, 0.4) is 0 Å². The number of nitrogens with zero attached hydrogens (tertiary/aromatic N) is 3. The summed E-state index contributed by atoms with van der Waals surface area (Å²) < 4.78 is 19.6. The van der Waals surface area contributed by atoms with Crippen LogP contribution in [0.15, 0.2) is 54.6 Å². The van der Waals surface area contributed by atoms with Crippen molar-refractivity contribution >= 4 is 17.5 Å². The van der Waals surface area contributed by atoms with Gasteiger partial charge in [0.1, 0.15) is 11.6 Å². The Balaban J connectivity index is 1.30. The number of benzene rings is 3. The third kappa shape index (κ3) is 4.35. The van der Waals surface area contributed by atoms with E-state index in [-0.39, 0.29) is 18.4 Å². The fourth-order valence-corrected chi connectivity index (χ4v) is 5.15. The van der Waals surface area contributed by atoms with E-state index in [9.17, 15) is 14.0 Å². The molecule has 1 fully saturated rings. The molecule has 0 aromatic heterocycles. The number of methoxy groups -OCH3 is 1. The number of imide groups is 1. The largest absolute Gasteiger partial charge is 0.496 e. The van der Waals surface area contributed by atoms with Crippen LogP contribution in [0.2, 0.25) is 0 Å². The fourth-order valence-electron chi connectivity index (χ4n) is 5.15. The van der Waals surface area contributed by atoms with Crippen LogP contribution in [0.25, 0.3) is 0 Å². The van der Waals surface area contributed by atoms with E-state index in [4.69, 9.17) is 4.74 Å². The highest BCUT2D eigenvalue weighted by atomic mass is 19.1. The Morgan fingerprint density at radius 1 is 0.833 bits per heavy atom. The lowest BCUT2D eigenvalue weighted by Crippen LogP contribution is -2.46. The molecule has 0 atom stereocenters. The van der Waals surface area contributed by atoms with Crippen LogP contribution in [0, 0.1) is 19.7 Å². The molecule has 0 bridgehead atoms. The Morgan fingerprint density at radius 3 is 2.31 bits per heavy atom. The van der Waals surface area contributed by atoms with E-state index in [1.54, 1.807) is 31.4 Å². The van der Waals surface area contributed by atoms with Gasteiger partial charge in [0.25, 0.3) is 11.8 Å². The quantitative estimate of drug-likeness (QED) is 0.477. The zero-order valence-electron chi connectivity index (χ0n) is 20.9. The van der Waals surface area contributed by atoms with Gasteiger partial charge in [-0.05, 0) is 54.8 Å². The molecule has 6 nitrogen and oxygen atoms in total. The van der Waals surface area contributed by atoms with Gasteiger partial charge >= 0.3 is 0 Å². The third-order valence-electron chi connectivity index (χ3n) is 7.22. The first-order valence-electron chi connectivity index (χ1n) is 12.2. The first kappa shape index (κ1) is 24.0. The molecular formula is C29H30FN3O3. The Labute approximate surface area is 210 Å². The molecule has 2 aliphatic rings. The number of amides is 2. The van der Waals surface area contributed by atoms with Gasteiger partial charge in [-0.15, -0.1) is 0 Å². The Bertz CT molecular complexity index is 1330. The Morgan fingerprint density at radius 2 is 1.58 bits per heavy atom. The summed E-state index contributed by atoms with van der Waals surface area (Å²) in [5.74, 6) is -0.250. The van der Waals surface area contributed by atoms with Crippen molar-refractivity contribution in [3.05, 3.63) is 93.8 Å². The summed E-state index contributed by atoms with van der Waals surface area (Å²) in [6.07, 6.45) is 0. The normalized spacial score (nSPS) is 16.0. The first-order valence-corrected chi connectivity index (χ1v) is 12.2. The number of anilines is 1. The van der Waals surface area contributed by atoms with Gasteiger partial charge in [0.05, 0.1) is 30.5 Å². The SMILES string of the molecule is COc1cc(C)c(CN2CCN(c3cccc4c3C(=O)N(Cc3ccccc3F)C4=O)CC2)cc1C. The van der Waals surface area contributed by atoms with Crippen LogP contribution in [-0.4, -0.2) is 54.9 Å². The number of hydrogen-bond donors (Lipinski definition) is 0. The summed E-state index contributed by atoms with van der Waals surface area (Å²) in [6.45, 7) is 8.13. The van der Waals surface area contributed by atoms with E-state index in [1.165, 1.54) is 17.2 Å². The molecule has 2 aliphatic heterocycles. The third-order valence-corrected chi connectivity index (χ3v) is 7.22. The average molecular weight is 488 g/mol. The summed E-state index contributed by atoms with van der Waals surface area (Å²) in [5.41, 5.74) is 5.53. The molecule has 7 heteroatoms. The molecule has 3 aromatic rings. The fraction of sp³-hybridized carbons (Fsp3) is 0.310. The van der Waals surface area contributed by atoms with E-state index < -0.39 is 5.82 Å². The smallest absolute Gasteiger partial charge is 0.263 e. The van der Waals surface area contributed by atoms with Crippen molar-refractivity contribution in [2.24, 2.45) is 0 Å². The number of aryl methyl sites for hydroxylation is 2. The molecule has 1 saturated heterocycles. The molecule has 5 rings (SSSR count). The molecular weight excluding hydrogens is 457 g/mol. The van der Waals surface area contributed by atoms with E-state index >= 15 is 0 Å². The number of piperazine rings is 1. The van der Waals surface area contributed by atoms with Crippen LogP contribution in [0.1, 0.15) is 43.0 Å². The summed E-state index contributed by atoms with van der Waals surface area (Å²) in [6, 6.07) is 15.9. The van der Waals surface area contributed by atoms with Crippen LogP contribution in [0.5, 0.6) is 5.75 Å². The van der Waals surface area contributed by atoms with E-state index in [1.807, 2.05) is 12.1 Å². The minimum absolute atomic E-state index is 0.0765. The van der Waals surface area contributed by atoms with Gasteiger partial charge < -0.3 is 9.64 Å². The lowest BCUT2D eigenvalue weighted by molar-refractivity contribution is 0.0641. The maximum absolute atomic E-state index is 14.2. The summed E-state index contributed by atoms with van der Waals surface area (Å²) >= 11 is 0. The molecule has 0 N–H and O–H groups in total. The second kappa shape index (κ2) is 9.74. The highest BCUT2D eigenvalue weighted by molar-refractivity contribution is 6.23. The van der Waals surface area contributed by atoms with Gasteiger partial charge in [-0.3, -0.25) is 19.4 Å². The van der Waals surface area contributed by atoms with Crippen LogP contribution in [-0.2, 0) is 13.1 Å². The van der Waals surface area contributed by atoms with Crippen molar-refractivity contribution in [2.75, 3.05) is 38.2 Å². The lowest BCUT2D eigenvalue weighted by Gasteiger charge is -2.37. The minimum Gasteiger partial charge on any atom is -0.496 e. The molecule has 2 amide bonds. The van der Waals surface area contributed by atoms with E-state index in [0.717, 1.165) is 54.6 Å². The predicted molar refractivity (Wildman–Crippen MR) is 137 cm³/mol. The highest BCUT2D eigenvalue weighted by Gasteiger charge is 2.39. The van der Waals surface area contributed by atoms with E-state index in [2.05, 4.69) is 35.8 Å². The summed E-state index contributed by atoms with van der Waals surface area (Å²) in [7, 11) is 1.69. The number of fused-ring (bicyclic) bond motifs is 1. The Hall–Kier alpha value is -3.71. The second-order valence-electron chi connectivity index (χ2n) is 9.50. The predicted octanol–water partition coefficient (Wildman–Crippen LogP) is 4.57. The van der Waals surface area contributed by atoms with Crippen LogP contribution < -0.4 is 9.64 Å². The van der Waals surface area contributed by atoms with Crippen molar-refractivity contribution in [3.8, 4) is 5.75 Å². The average Bonchev–Trinajstić information content (AvgIpc) is 3.12. The molecule has 0 unspecified atom stereocenters. The van der Waals surface area contributed by atoms with Gasteiger partial charge in [0.15, 0.2) is 0 Å². The maximum Gasteiger partial charge on any atom is 0.263 e. The van der Waals surface area contributed by atoms with Gasteiger partial charge in [0.2, 0.25) is 0 Å². The van der Waals surface area contributed by atoms with Crippen molar-refractivity contribution in [1.29, 1.82) is 0 Å². The van der Waals surface area contributed by atoms with Crippen LogP contribution >= 0.6 is 0 Å². The molecule has 186 valence electrons. The standard InChI is InChI=1S/C29H30FN3O3/c1-19-16-26(36-3)20(2)15-22(19)17-31-11-13-32(14-12-31)25-10-6-8-23-27(25)29(35)33(28(23)34)18-21-7-4-5-9-24(21)30/h4-10,15-16H,11-14,17-18H2,1-3H3. The van der Waals surface area contributed by atoms with Crippen molar-refractivity contribution in [3.63, 3.8) is 0 Å². The maximum atomic E-state index is 14.2. The van der Waals surface area contributed by atoms with Crippen molar-refractivity contribution in [2.45, 2.75) is 26.9 Å². The second-order valence-corrected chi connectivity index (χ2v) is 9.50. The lowest BCUT2D eigenvalue weighted by atomic mass is 10.0. The molecule has 0 spiro atoms. The van der Waals surface area contributed by atoms with Gasteiger partial charge in [-0.1, -0.05) is 30.3 Å². The molecule has 0 aliphatic carbocycles. The highest BCUT2D eigenvalue weighted by Crippen LogP contribution is 2.33. The van der Waals surface area contributed by atoms with Crippen LogP contribution in [0.4, 0.5) is 10.1 Å². The first-order chi connectivity index (χ1) is 17.4. The Kier molecular flexibility index (Phi) is 6.49. The van der Waals surface area contributed by atoms with Gasteiger partial charge in [0, 0.05) is 38.3 Å². The number of carbonyl (C=O) groups is 2. The van der Waals surface area contributed by atoms with E-state index in [0.29, 0.717) is 16.7 Å². The molecule has 36 heavy (non-hydrogen) atoms. The molecule has 2 heterocycles.